The van der Waals surface area contributed by atoms with Crippen molar-refractivity contribution in [1.29, 1.82) is 0 Å². The van der Waals surface area contributed by atoms with E-state index in [1.165, 1.54) is 10.8 Å². The van der Waals surface area contributed by atoms with Crippen LogP contribution >= 0.6 is 0 Å². The summed E-state index contributed by atoms with van der Waals surface area (Å²) in [7, 11) is 0. The molecule has 1 aromatic rings. The van der Waals surface area contributed by atoms with Gasteiger partial charge in [0, 0.05) is 18.4 Å². The fourth-order valence-electron chi connectivity index (χ4n) is 1.12. The first-order valence-corrected chi connectivity index (χ1v) is 5.03. The molecule has 0 fully saturated rings. The lowest BCUT2D eigenvalue weighted by Gasteiger charge is -2.06. The standard InChI is InChI=1S/C10H16N2O3/c1-3-4-5-15-7-12-6-8(2)9(13)11-10(12)14/h6H,3-5,7H2,1-2H3,(H,11,13,14). The Kier molecular flexibility index (Phi) is 4.30. The third-order valence-electron chi connectivity index (χ3n) is 2.06. The second kappa shape index (κ2) is 5.50. The van der Waals surface area contributed by atoms with Crippen molar-refractivity contribution in [2.45, 2.75) is 33.4 Å². The highest BCUT2D eigenvalue weighted by molar-refractivity contribution is 5.00. The maximum atomic E-state index is 11.3. The van der Waals surface area contributed by atoms with Crippen molar-refractivity contribution in [3.8, 4) is 0 Å². The van der Waals surface area contributed by atoms with Gasteiger partial charge in [0.1, 0.15) is 6.73 Å². The first kappa shape index (κ1) is 11.7. The van der Waals surface area contributed by atoms with E-state index >= 15 is 0 Å². The summed E-state index contributed by atoms with van der Waals surface area (Å²) in [5.41, 5.74) is -0.263. The van der Waals surface area contributed by atoms with Crippen molar-refractivity contribution >= 4 is 0 Å². The third-order valence-corrected chi connectivity index (χ3v) is 2.06. The molecule has 84 valence electrons. The molecule has 1 rings (SSSR count). The molecule has 0 aliphatic rings. The number of aryl methyl sites for hydroxylation is 1. The van der Waals surface area contributed by atoms with E-state index in [4.69, 9.17) is 4.74 Å². The molecule has 0 aliphatic heterocycles. The molecule has 0 spiro atoms. The smallest absolute Gasteiger partial charge is 0.330 e. The molecule has 5 heteroatoms. The lowest BCUT2D eigenvalue weighted by Crippen LogP contribution is -2.31. The summed E-state index contributed by atoms with van der Waals surface area (Å²) in [6.45, 7) is 4.54. The summed E-state index contributed by atoms with van der Waals surface area (Å²) in [5, 5.41) is 0. The van der Waals surface area contributed by atoms with Gasteiger partial charge in [0.25, 0.3) is 5.56 Å². The van der Waals surface area contributed by atoms with Crippen molar-refractivity contribution in [3.05, 3.63) is 32.6 Å². The summed E-state index contributed by atoms with van der Waals surface area (Å²) in [6, 6.07) is 0. The van der Waals surface area contributed by atoms with E-state index in [-0.39, 0.29) is 12.3 Å². The van der Waals surface area contributed by atoms with E-state index in [2.05, 4.69) is 11.9 Å². The lowest BCUT2D eigenvalue weighted by molar-refractivity contribution is 0.0714. The number of ether oxygens (including phenoxy) is 1. The van der Waals surface area contributed by atoms with Crippen LogP contribution in [0, 0.1) is 6.92 Å². The summed E-state index contributed by atoms with van der Waals surface area (Å²) in [4.78, 5) is 24.6. The minimum atomic E-state index is -0.429. The molecule has 0 bridgehead atoms. The van der Waals surface area contributed by atoms with Crippen LogP contribution in [0.5, 0.6) is 0 Å². The molecule has 0 aromatic carbocycles. The molecule has 0 amide bonds. The molecular weight excluding hydrogens is 196 g/mol. The minimum Gasteiger partial charge on any atom is -0.361 e. The van der Waals surface area contributed by atoms with Gasteiger partial charge in [-0.15, -0.1) is 0 Å². The van der Waals surface area contributed by atoms with Crippen LogP contribution in [-0.4, -0.2) is 16.2 Å². The molecule has 15 heavy (non-hydrogen) atoms. The van der Waals surface area contributed by atoms with Crippen molar-refractivity contribution in [2.24, 2.45) is 0 Å². The summed E-state index contributed by atoms with van der Waals surface area (Å²) >= 11 is 0. The molecule has 1 N–H and O–H groups in total. The van der Waals surface area contributed by atoms with E-state index in [0.717, 1.165) is 12.8 Å². The number of nitrogens with zero attached hydrogens (tertiary/aromatic N) is 1. The Morgan fingerprint density at radius 2 is 2.20 bits per heavy atom. The molecule has 1 aromatic heterocycles. The molecule has 0 aliphatic carbocycles. The van der Waals surface area contributed by atoms with Gasteiger partial charge in [0.05, 0.1) is 0 Å². The zero-order chi connectivity index (χ0) is 11.3. The molecule has 0 unspecified atom stereocenters. The van der Waals surface area contributed by atoms with Crippen LogP contribution in [0.1, 0.15) is 25.3 Å². The third kappa shape index (κ3) is 3.36. The Morgan fingerprint density at radius 3 is 2.87 bits per heavy atom. The lowest BCUT2D eigenvalue weighted by atomic mass is 10.4. The highest BCUT2D eigenvalue weighted by Gasteiger charge is 1.99. The van der Waals surface area contributed by atoms with Gasteiger partial charge in [-0.1, -0.05) is 13.3 Å². The number of H-pyrrole nitrogens is 1. The molecule has 1 heterocycles. The Hall–Kier alpha value is -1.36. The maximum Gasteiger partial charge on any atom is 0.330 e. The van der Waals surface area contributed by atoms with E-state index in [1.807, 2.05) is 0 Å². The predicted octanol–water partition coefficient (Wildman–Crippen LogP) is 0.619. The molecular formula is C10H16N2O3. The van der Waals surface area contributed by atoms with Gasteiger partial charge in [0.15, 0.2) is 0 Å². The monoisotopic (exact) mass is 212 g/mol. The number of aromatic amines is 1. The number of aromatic nitrogens is 2. The van der Waals surface area contributed by atoms with Crippen LogP contribution in [-0.2, 0) is 11.5 Å². The SMILES string of the molecule is CCCCOCn1cc(C)c(=O)[nH]c1=O. The van der Waals surface area contributed by atoms with Gasteiger partial charge in [-0.25, -0.2) is 4.79 Å². The number of nitrogens with one attached hydrogen (secondary N) is 1. The minimum absolute atomic E-state index is 0.191. The maximum absolute atomic E-state index is 11.3. The van der Waals surface area contributed by atoms with Gasteiger partial charge >= 0.3 is 5.69 Å². The van der Waals surface area contributed by atoms with Crippen molar-refractivity contribution in [2.75, 3.05) is 6.61 Å². The zero-order valence-electron chi connectivity index (χ0n) is 9.08. The second-order valence-corrected chi connectivity index (χ2v) is 3.43. The van der Waals surface area contributed by atoms with E-state index in [0.29, 0.717) is 12.2 Å². The molecule has 0 radical (unpaired) electrons. The fourth-order valence-corrected chi connectivity index (χ4v) is 1.12. The highest BCUT2D eigenvalue weighted by Crippen LogP contribution is 1.90. The average molecular weight is 212 g/mol. The number of unbranched alkanes of at least 4 members (excludes halogenated alkanes) is 1. The van der Waals surface area contributed by atoms with Gasteiger partial charge in [-0.05, 0) is 13.3 Å². The van der Waals surface area contributed by atoms with Gasteiger partial charge in [0.2, 0.25) is 0 Å². The fraction of sp³-hybridized carbons (Fsp3) is 0.600. The van der Waals surface area contributed by atoms with Crippen molar-refractivity contribution in [1.82, 2.24) is 9.55 Å². The Labute approximate surface area is 87.7 Å². The van der Waals surface area contributed by atoms with Gasteiger partial charge in [-0.3, -0.25) is 14.3 Å². The van der Waals surface area contributed by atoms with Gasteiger partial charge < -0.3 is 4.74 Å². The van der Waals surface area contributed by atoms with E-state index in [1.54, 1.807) is 6.92 Å². The zero-order valence-corrected chi connectivity index (χ0v) is 9.08. The van der Waals surface area contributed by atoms with E-state index < -0.39 is 5.69 Å². The Bertz CT molecular complexity index is 419. The first-order chi connectivity index (χ1) is 7.15. The van der Waals surface area contributed by atoms with Gasteiger partial charge in [-0.2, -0.15) is 0 Å². The van der Waals surface area contributed by atoms with Crippen LogP contribution < -0.4 is 11.2 Å². The van der Waals surface area contributed by atoms with Crippen molar-refractivity contribution < 1.29 is 4.74 Å². The summed E-state index contributed by atoms with van der Waals surface area (Å²) in [5.74, 6) is 0. The van der Waals surface area contributed by atoms with Crippen LogP contribution in [0.15, 0.2) is 15.8 Å². The first-order valence-electron chi connectivity index (χ1n) is 5.03. The average Bonchev–Trinajstić information content (AvgIpc) is 2.20. The molecule has 0 atom stereocenters. The van der Waals surface area contributed by atoms with E-state index in [9.17, 15) is 9.59 Å². The van der Waals surface area contributed by atoms with Crippen LogP contribution in [0.2, 0.25) is 0 Å². The second-order valence-electron chi connectivity index (χ2n) is 3.43. The van der Waals surface area contributed by atoms with Crippen LogP contribution in [0.3, 0.4) is 0 Å². The molecule has 5 nitrogen and oxygen atoms in total. The molecule has 0 saturated carbocycles. The van der Waals surface area contributed by atoms with Crippen molar-refractivity contribution in [3.63, 3.8) is 0 Å². The quantitative estimate of drug-likeness (QED) is 0.728. The van der Waals surface area contributed by atoms with Crippen LogP contribution in [0.4, 0.5) is 0 Å². The Balaban J connectivity index is 2.66. The topological polar surface area (TPSA) is 64.1 Å². The highest BCUT2D eigenvalue weighted by atomic mass is 16.5. The number of rotatable bonds is 5. The predicted molar refractivity (Wildman–Crippen MR) is 56.9 cm³/mol. The van der Waals surface area contributed by atoms with Crippen LogP contribution in [0.25, 0.3) is 0 Å². The number of hydrogen-bond donors (Lipinski definition) is 1. The summed E-state index contributed by atoms with van der Waals surface area (Å²) < 4.78 is 6.63. The normalized spacial score (nSPS) is 10.5. The number of hydrogen-bond acceptors (Lipinski definition) is 3. The molecule has 0 saturated heterocycles. The largest absolute Gasteiger partial charge is 0.361 e. The summed E-state index contributed by atoms with van der Waals surface area (Å²) in [6.07, 6.45) is 3.53. The Morgan fingerprint density at radius 1 is 1.47 bits per heavy atom.